The molecular formula is C15H40O5. The molecule has 0 aliphatic heterocycles. The third-order valence-electron chi connectivity index (χ3n) is 0.224. The van der Waals surface area contributed by atoms with Crippen molar-refractivity contribution in [2.75, 3.05) is 6.61 Å². The van der Waals surface area contributed by atoms with Crippen molar-refractivity contribution < 1.29 is 25.5 Å². The van der Waals surface area contributed by atoms with Gasteiger partial charge in [0.2, 0.25) is 0 Å². The second-order valence-corrected chi connectivity index (χ2v) is 5.10. The molecule has 0 aromatic heterocycles. The van der Waals surface area contributed by atoms with Crippen LogP contribution in [0.3, 0.4) is 0 Å². The van der Waals surface area contributed by atoms with Crippen LogP contribution in [0.5, 0.6) is 0 Å². The van der Waals surface area contributed by atoms with Gasteiger partial charge in [0.15, 0.2) is 0 Å². The zero-order valence-electron chi connectivity index (χ0n) is 15.0. The SMILES string of the molecule is CC(C)O.CC(C)O.CC(C)O.CC(C)O.CCCO. The second kappa shape index (κ2) is 31.3. The standard InChI is InChI=1S/5C3H8O/c4*1-3(2)4;1-2-3-4/h4*3-4H,1-2H3;4H,2-3H2,1H3. The number of hydrogen-bond acceptors (Lipinski definition) is 5. The van der Waals surface area contributed by atoms with Gasteiger partial charge in [-0.1, -0.05) is 6.92 Å². The van der Waals surface area contributed by atoms with Gasteiger partial charge in [-0.05, 0) is 61.8 Å². The Kier molecular flexibility index (Phi) is 50.0. The van der Waals surface area contributed by atoms with E-state index in [0.717, 1.165) is 6.42 Å². The topological polar surface area (TPSA) is 101 Å². The Labute approximate surface area is 126 Å². The molecule has 20 heavy (non-hydrogen) atoms. The lowest BCUT2D eigenvalue weighted by Crippen LogP contribution is -1.85. The third kappa shape index (κ3) is 7850. The van der Waals surface area contributed by atoms with E-state index in [-0.39, 0.29) is 24.4 Å². The van der Waals surface area contributed by atoms with Crippen LogP contribution in [-0.2, 0) is 0 Å². The highest BCUT2D eigenvalue weighted by molar-refractivity contribution is 4.21. The van der Waals surface area contributed by atoms with Crippen molar-refractivity contribution in [2.45, 2.75) is 93.2 Å². The van der Waals surface area contributed by atoms with E-state index in [1.54, 1.807) is 55.4 Å². The van der Waals surface area contributed by atoms with Crippen molar-refractivity contribution >= 4 is 0 Å². The van der Waals surface area contributed by atoms with Gasteiger partial charge in [0.05, 0.1) is 0 Å². The normalized spacial score (nSPS) is 8.70. The van der Waals surface area contributed by atoms with E-state index >= 15 is 0 Å². The average Bonchev–Trinajstić information content (AvgIpc) is 2.13. The first-order valence-corrected chi connectivity index (χ1v) is 7.17. The van der Waals surface area contributed by atoms with Gasteiger partial charge in [-0.25, -0.2) is 0 Å². The molecule has 0 aromatic rings. The Morgan fingerprint density at radius 2 is 0.600 bits per heavy atom. The molecule has 0 atom stereocenters. The minimum atomic E-state index is -0.167. The van der Waals surface area contributed by atoms with E-state index in [9.17, 15) is 0 Å². The summed E-state index contributed by atoms with van der Waals surface area (Å²) in [5.74, 6) is 0. The van der Waals surface area contributed by atoms with E-state index in [1.165, 1.54) is 0 Å². The maximum absolute atomic E-state index is 8.06. The summed E-state index contributed by atoms with van der Waals surface area (Å²) in [5, 5.41) is 40.1. The van der Waals surface area contributed by atoms with Crippen LogP contribution >= 0.6 is 0 Å². The van der Waals surface area contributed by atoms with E-state index in [1.807, 2.05) is 6.92 Å². The molecule has 5 nitrogen and oxygen atoms in total. The molecule has 0 aliphatic carbocycles. The van der Waals surface area contributed by atoms with Crippen LogP contribution < -0.4 is 0 Å². The van der Waals surface area contributed by atoms with Gasteiger partial charge in [-0.3, -0.25) is 0 Å². The molecule has 0 rings (SSSR count). The Hall–Kier alpha value is -0.200. The summed E-state index contributed by atoms with van der Waals surface area (Å²) in [4.78, 5) is 0. The molecule has 5 N–H and O–H groups in total. The van der Waals surface area contributed by atoms with Gasteiger partial charge in [0.25, 0.3) is 0 Å². The maximum atomic E-state index is 8.06. The largest absolute Gasteiger partial charge is 0.396 e. The lowest BCUT2D eigenvalue weighted by Gasteiger charge is -1.80. The van der Waals surface area contributed by atoms with Crippen LogP contribution in [0.2, 0.25) is 0 Å². The predicted octanol–water partition coefficient (Wildman–Crippen LogP) is 1.94. The number of rotatable bonds is 1. The summed E-state index contributed by atoms with van der Waals surface area (Å²) in [6.45, 7) is 16.0. The van der Waals surface area contributed by atoms with Crippen molar-refractivity contribution in [1.29, 1.82) is 0 Å². The summed E-state index contributed by atoms with van der Waals surface area (Å²) in [6, 6.07) is 0. The molecular weight excluding hydrogens is 260 g/mol. The molecule has 0 radical (unpaired) electrons. The highest BCUT2D eigenvalue weighted by Crippen LogP contribution is 1.66. The molecule has 0 saturated carbocycles. The van der Waals surface area contributed by atoms with E-state index in [0.29, 0.717) is 6.61 Å². The minimum absolute atomic E-state index is 0.167. The van der Waals surface area contributed by atoms with Gasteiger partial charge >= 0.3 is 0 Å². The van der Waals surface area contributed by atoms with Gasteiger partial charge in [0.1, 0.15) is 0 Å². The molecule has 5 heteroatoms. The van der Waals surface area contributed by atoms with E-state index in [4.69, 9.17) is 25.5 Å². The fourth-order valence-electron chi connectivity index (χ4n) is 0. The third-order valence-corrected chi connectivity index (χ3v) is 0.224. The molecule has 0 amide bonds. The fraction of sp³-hybridized carbons (Fsp3) is 1.00. The number of hydrogen-bond donors (Lipinski definition) is 5. The lowest BCUT2D eigenvalue weighted by molar-refractivity contribution is 0.215. The zero-order chi connectivity index (χ0) is 17.7. The summed E-state index contributed by atoms with van der Waals surface area (Å²) in [5.41, 5.74) is 0. The highest BCUT2D eigenvalue weighted by Gasteiger charge is 1.70. The molecule has 0 bridgehead atoms. The zero-order valence-corrected chi connectivity index (χ0v) is 15.0. The van der Waals surface area contributed by atoms with Crippen LogP contribution in [-0.4, -0.2) is 56.6 Å². The molecule has 0 spiro atoms. The van der Waals surface area contributed by atoms with Crippen molar-refractivity contribution in [3.8, 4) is 0 Å². The lowest BCUT2D eigenvalue weighted by atomic mass is 10.5. The molecule has 0 aromatic carbocycles. The molecule has 0 saturated heterocycles. The Morgan fingerprint density at radius 1 is 0.550 bits per heavy atom. The Bertz CT molecular complexity index is 77.8. The Morgan fingerprint density at radius 3 is 0.600 bits per heavy atom. The van der Waals surface area contributed by atoms with Crippen LogP contribution in [0.1, 0.15) is 68.7 Å². The maximum Gasteiger partial charge on any atom is 0.0483 e. The predicted molar refractivity (Wildman–Crippen MR) is 86.8 cm³/mol. The van der Waals surface area contributed by atoms with Gasteiger partial charge < -0.3 is 25.5 Å². The Balaban J connectivity index is -0.0000000469. The average molecular weight is 300 g/mol. The molecule has 0 aliphatic rings. The van der Waals surface area contributed by atoms with Crippen LogP contribution in [0.15, 0.2) is 0 Å². The summed E-state index contributed by atoms with van der Waals surface area (Å²) >= 11 is 0. The second-order valence-electron chi connectivity index (χ2n) is 5.10. The smallest absolute Gasteiger partial charge is 0.0483 e. The van der Waals surface area contributed by atoms with Gasteiger partial charge in [-0.15, -0.1) is 0 Å². The van der Waals surface area contributed by atoms with Gasteiger partial charge in [-0.2, -0.15) is 0 Å². The van der Waals surface area contributed by atoms with E-state index in [2.05, 4.69) is 0 Å². The van der Waals surface area contributed by atoms with Crippen molar-refractivity contribution in [3.63, 3.8) is 0 Å². The molecule has 0 fully saturated rings. The first-order chi connectivity index (χ1) is 8.84. The summed E-state index contributed by atoms with van der Waals surface area (Å²) < 4.78 is 0. The van der Waals surface area contributed by atoms with Crippen molar-refractivity contribution in [3.05, 3.63) is 0 Å². The van der Waals surface area contributed by atoms with Crippen LogP contribution in [0.25, 0.3) is 0 Å². The van der Waals surface area contributed by atoms with Crippen molar-refractivity contribution in [1.82, 2.24) is 0 Å². The number of aliphatic hydroxyl groups excluding tert-OH is 5. The first kappa shape index (κ1) is 31.9. The number of aliphatic hydroxyl groups is 5. The molecule has 130 valence electrons. The molecule has 0 unspecified atom stereocenters. The fourth-order valence-corrected chi connectivity index (χ4v) is 0. The van der Waals surface area contributed by atoms with E-state index < -0.39 is 0 Å². The van der Waals surface area contributed by atoms with Crippen LogP contribution in [0, 0.1) is 0 Å². The highest BCUT2D eigenvalue weighted by atomic mass is 16.3. The quantitative estimate of drug-likeness (QED) is 0.509. The summed E-state index contributed by atoms with van der Waals surface area (Å²) in [6.07, 6.45) is 0.208. The van der Waals surface area contributed by atoms with Crippen molar-refractivity contribution in [2.24, 2.45) is 0 Å². The summed E-state index contributed by atoms with van der Waals surface area (Å²) in [7, 11) is 0. The first-order valence-electron chi connectivity index (χ1n) is 7.17. The van der Waals surface area contributed by atoms with Crippen LogP contribution in [0.4, 0.5) is 0 Å². The monoisotopic (exact) mass is 300 g/mol. The minimum Gasteiger partial charge on any atom is -0.396 e. The van der Waals surface area contributed by atoms with Gasteiger partial charge in [0, 0.05) is 31.0 Å². The molecule has 0 heterocycles.